The van der Waals surface area contributed by atoms with Crippen molar-refractivity contribution in [2.45, 2.75) is 19.9 Å². The van der Waals surface area contributed by atoms with Crippen LogP contribution in [-0.2, 0) is 11.3 Å². The molecule has 5 heteroatoms. The van der Waals surface area contributed by atoms with E-state index in [1.165, 1.54) is 0 Å². The van der Waals surface area contributed by atoms with Gasteiger partial charge in [0.05, 0.1) is 12.9 Å². The number of hydrogen-bond acceptors (Lipinski definition) is 3. The molecule has 0 aliphatic heterocycles. The molecular weight excluding hydrogens is 192 g/mol. The van der Waals surface area contributed by atoms with Gasteiger partial charge in [0.25, 0.3) is 0 Å². The zero-order valence-electron chi connectivity index (χ0n) is 9.07. The molecule has 0 atom stereocenters. The standard InChI is InChI=1S/C10H18N4O/c1-2-11-8-10(15)13-4-3-6-14-7-5-12-9-14/h5,7,9,11H,2-4,6,8H2,1H3,(H,13,15). The molecule has 1 aromatic rings. The SMILES string of the molecule is CCNCC(=O)NCCCn1ccnc1. The van der Waals surface area contributed by atoms with E-state index in [1.54, 1.807) is 12.5 Å². The van der Waals surface area contributed by atoms with E-state index in [9.17, 15) is 4.79 Å². The highest BCUT2D eigenvalue weighted by molar-refractivity contribution is 5.77. The van der Waals surface area contributed by atoms with Crippen LogP contribution in [0, 0.1) is 0 Å². The number of aryl methyl sites for hydroxylation is 1. The van der Waals surface area contributed by atoms with Gasteiger partial charge in [-0.3, -0.25) is 4.79 Å². The largest absolute Gasteiger partial charge is 0.355 e. The molecule has 2 N–H and O–H groups in total. The van der Waals surface area contributed by atoms with Gasteiger partial charge in [-0.1, -0.05) is 6.92 Å². The van der Waals surface area contributed by atoms with Crippen molar-refractivity contribution in [2.24, 2.45) is 0 Å². The zero-order chi connectivity index (χ0) is 10.9. The molecular formula is C10H18N4O. The predicted molar refractivity (Wildman–Crippen MR) is 58.4 cm³/mol. The van der Waals surface area contributed by atoms with Crippen LogP contribution in [0.5, 0.6) is 0 Å². The number of amides is 1. The zero-order valence-corrected chi connectivity index (χ0v) is 9.07. The maximum Gasteiger partial charge on any atom is 0.233 e. The highest BCUT2D eigenvalue weighted by Crippen LogP contribution is 1.88. The van der Waals surface area contributed by atoms with E-state index in [0.29, 0.717) is 13.1 Å². The summed E-state index contributed by atoms with van der Waals surface area (Å²) >= 11 is 0. The Balaban J connectivity index is 1.99. The molecule has 1 aromatic heterocycles. The lowest BCUT2D eigenvalue weighted by Gasteiger charge is -2.05. The Kier molecular flexibility index (Phi) is 5.47. The van der Waals surface area contributed by atoms with Crippen LogP contribution in [0.15, 0.2) is 18.7 Å². The molecule has 1 rings (SSSR count). The first-order valence-electron chi connectivity index (χ1n) is 5.26. The molecule has 84 valence electrons. The molecule has 0 aliphatic carbocycles. The third-order valence-electron chi connectivity index (χ3n) is 2.01. The molecule has 0 saturated heterocycles. The number of imidazole rings is 1. The Morgan fingerprint density at radius 1 is 1.53 bits per heavy atom. The average molecular weight is 210 g/mol. The third-order valence-corrected chi connectivity index (χ3v) is 2.01. The number of nitrogens with one attached hydrogen (secondary N) is 2. The van der Waals surface area contributed by atoms with Gasteiger partial charge in [-0.2, -0.15) is 0 Å². The number of aromatic nitrogens is 2. The summed E-state index contributed by atoms with van der Waals surface area (Å²) in [6.45, 7) is 4.81. The van der Waals surface area contributed by atoms with Crippen LogP contribution in [0.3, 0.4) is 0 Å². The second-order valence-electron chi connectivity index (χ2n) is 3.28. The van der Waals surface area contributed by atoms with Gasteiger partial charge in [0.15, 0.2) is 0 Å². The molecule has 0 fully saturated rings. The van der Waals surface area contributed by atoms with E-state index in [1.807, 2.05) is 17.7 Å². The second-order valence-corrected chi connectivity index (χ2v) is 3.28. The molecule has 0 radical (unpaired) electrons. The van der Waals surface area contributed by atoms with Crippen LogP contribution >= 0.6 is 0 Å². The fraction of sp³-hybridized carbons (Fsp3) is 0.600. The normalized spacial score (nSPS) is 10.2. The first-order chi connectivity index (χ1) is 7.33. The van der Waals surface area contributed by atoms with Crippen LogP contribution < -0.4 is 10.6 Å². The summed E-state index contributed by atoms with van der Waals surface area (Å²) in [6, 6.07) is 0. The van der Waals surface area contributed by atoms with Gasteiger partial charge < -0.3 is 15.2 Å². The Morgan fingerprint density at radius 3 is 3.07 bits per heavy atom. The Labute approximate surface area is 89.9 Å². The number of nitrogens with zero attached hydrogens (tertiary/aromatic N) is 2. The minimum atomic E-state index is 0.0579. The van der Waals surface area contributed by atoms with E-state index in [0.717, 1.165) is 19.5 Å². The van der Waals surface area contributed by atoms with Crippen molar-refractivity contribution in [3.63, 3.8) is 0 Å². The minimum Gasteiger partial charge on any atom is -0.355 e. The molecule has 0 aromatic carbocycles. The third kappa shape index (κ3) is 5.17. The number of hydrogen-bond donors (Lipinski definition) is 2. The fourth-order valence-corrected chi connectivity index (χ4v) is 1.21. The first kappa shape index (κ1) is 11.7. The quantitative estimate of drug-likeness (QED) is 0.623. The van der Waals surface area contributed by atoms with Crippen LogP contribution in [0.4, 0.5) is 0 Å². The molecule has 1 heterocycles. The first-order valence-corrected chi connectivity index (χ1v) is 5.26. The Hall–Kier alpha value is -1.36. The minimum absolute atomic E-state index is 0.0579. The van der Waals surface area contributed by atoms with Crippen molar-refractivity contribution >= 4 is 5.91 Å². The number of likely N-dealkylation sites (N-methyl/N-ethyl adjacent to an activating group) is 1. The maximum absolute atomic E-state index is 11.2. The van der Waals surface area contributed by atoms with Gasteiger partial charge in [0.2, 0.25) is 5.91 Å². The summed E-state index contributed by atoms with van der Waals surface area (Å²) in [5.74, 6) is 0.0579. The van der Waals surface area contributed by atoms with E-state index in [4.69, 9.17) is 0 Å². The van der Waals surface area contributed by atoms with Crippen molar-refractivity contribution in [1.82, 2.24) is 20.2 Å². The lowest BCUT2D eigenvalue weighted by Crippen LogP contribution is -2.34. The summed E-state index contributed by atoms with van der Waals surface area (Å²) in [4.78, 5) is 15.1. The van der Waals surface area contributed by atoms with Crippen molar-refractivity contribution in [3.05, 3.63) is 18.7 Å². The summed E-state index contributed by atoms with van der Waals surface area (Å²) in [6.07, 6.45) is 6.37. The van der Waals surface area contributed by atoms with Gasteiger partial charge in [0.1, 0.15) is 0 Å². The molecule has 0 unspecified atom stereocenters. The molecule has 15 heavy (non-hydrogen) atoms. The maximum atomic E-state index is 11.2. The van der Waals surface area contributed by atoms with Crippen molar-refractivity contribution in [2.75, 3.05) is 19.6 Å². The lowest BCUT2D eigenvalue weighted by molar-refractivity contribution is -0.120. The van der Waals surface area contributed by atoms with Crippen molar-refractivity contribution < 1.29 is 4.79 Å². The van der Waals surface area contributed by atoms with Crippen LogP contribution in [0.25, 0.3) is 0 Å². The van der Waals surface area contributed by atoms with Crippen molar-refractivity contribution in [3.8, 4) is 0 Å². The van der Waals surface area contributed by atoms with Gasteiger partial charge in [-0.15, -0.1) is 0 Å². The summed E-state index contributed by atoms with van der Waals surface area (Å²) in [5, 5.41) is 5.82. The Morgan fingerprint density at radius 2 is 2.40 bits per heavy atom. The molecule has 0 saturated carbocycles. The van der Waals surface area contributed by atoms with Crippen LogP contribution in [-0.4, -0.2) is 35.1 Å². The van der Waals surface area contributed by atoms with Gasteiger partial charge in [0, 0.05) is 25.5 Å². The number of carbonyl (C=O) groups excluding carboxylic acids is 1. The predicted octanol–water partition coefficient (Wildman–Crippen LogP) is -0.00110. The van der Waals surface area contributed by atoms with E-state index < -0.39 is 0 Å². The summed E-state index contributed by atoms with van der Waals surface area (Å²) in [5.41, 5.74) is 0. The summed E-state index contributed by atoms with van der Waals surface area (Å²) < 4.78 is 2.00. The van der Waals surface area contributed by atoms with E-state index in [-0.39, 0.29) is 5.91 Å². The van der Waals surface area contributed by atoms with Gasteiger partial charge in [-0.25, -0.2) is 4.98 Å². The smallest absolute Gasteiger partial charge is 0.233 e. The van der Waals surface area contributed by atoms with E-state index in [2.05, 4.69) is 15.6 Å². The molecule has 0 aliphatic rings. The number of rotatable bonds is 7. The lowest BCUT2D eigenvalue weighted by atomic mass is 10.4. The Bertz CT molecular complexity index is 271. The highest BCUT2D eigenvalue weighted by atomic mass is 16.1. The second kappa shape index (κ2) is 7.00. The highest BCUT2D eigenvalue weighted by Gasteiger charge is 1.97. The fourth-order valence-electron chi connectivity index (χ4n) is 1.21. The van der Waals surface area contributed by atoms with Gasteiger partial charge in [-0.05, 0) is 13.0 Å². The topological polar surface area (TPSA) is 59.0 Å². The van der Waals surface area contributed by atoms with Gasteiger partial charge >= 0.3 is 0 Å². The molecule has 5 nitrogen and oxygen atoms in total. The van der Waals surface area contributed by atoms with Crippen LogP contribution in [0.2, 0.25) is 0 Å². The summed E-state index contributed by atoms with van der Waals surface area (Å²) in [7, 11) is 0. The molecule has 0 spiro atoms. The molecule has 0 bridgehead atoms. The average Bonchev–Trinajstić information content (AvgIpc) is 2.74. The number of carbonyl (C=O) groups is 1. The monoisotopic (exact) mass is 210 g/mol. The van der Waals surface area contributed by atoms with Crippen LogP contribution in [0.1, 0.15) is 13.3 Å². The van der Waals surface area contributed by atoms with Crippen molar-refractivity contribution in [1.29, 1.82) is 0 Å². The molecule has 1 amide bonds. The van der Waals surface area contributed by atoms with E-state index >= 15 is 0 Å².